The molecule has 0 radical (unpaired) electrons. The summed E-state index contributed by atoms with van der Waals surface area (Å²) in [5, 5.41) is 4.79. The maximum atomic E-state index is 5.97. The van der Waals surface area contributed by atoms with E-state index in [4.69, 9.17) is 11.6 Å². The van der Waals surface area contributed by atoms with E-state index in [0.717, 1.165) is 9.50 Å². The van der Waals surface area contributed by atoms with Crippen molar-refractivity contribution in [1.29, 1.82) is 0 Å². The molecule has 2 atom stereocenters. The second-order valence-corrected chi connectivity index (χ2v) is 6.06. The molecule has 1 heterocycles. The highest BCUT2D eigenvalue weighted by Crippen LogP contribution is 2.36. The van der Waals surface area contributed by atoms with E-state index in [1.54, 1.807) is 0 Å². The number of hydrogen-bond acceptors (Lipinski definition) is 2. The summed E-state index contributed by atoms with van der Waals surface area (Å²) in [5.41, 5.74) is 1.30. The lowest BCUT2D eigenvalue weighted by Crippen LogP contribution is -2.24. The van der Waals surface area contributed by atoms with Gasteiger partial charge in [-0.05, 0) is 40.0 Å². The number of benzene rings is 1. The molecule has 2 unspecified atom stereocenters. The van der Waals surface area contributed by atoms with Crippen LogP contribution in [-0.2, 0) is 0 Å². The van der Waals surface area contributed by atoms with E-state index in [9.17, 15) is 0 Å². The molecule has 1 aliphatic rings. The van der Waals surface area contributed by atoms with Crippen LogP contribution in [0.15, 0.2) is 22.7 Å². The third-order valence-electron chi connectivity index (χ3n) is 2.59. The van der Waals surface area contributed by atoms with Crippen molar-refractivity contribution >= 4 is 39.3 Å². The summed E-state index contributed by atoms with van der Waals surface area (Å²) in [4.78, 5) is 0. The van der Waals surface area contributed by atoms with Crippen LogP contribution in [0.5, 0.6) is 0 Å². The maximum Gasteiger partial charge on any atom is 0.0792 e. The number of halogens is 2. The molecule has 15 heavy (non-hydrogen) atoms. The second kappa shape index (κ2) is 5.09. The van der Waals surface area contributed by atoms with Gasteiger partial charge in [0.15, 0.2) is 0 Å². The topological polar surface area (TPSA) is 12.0 Å². The van der Waals surface area contributed by atoms with Crippen molar-refractivity contribution in [2.24, 2.45) is 0 Å². The van der Waals surface area contributed by atoms with Crippen LogP contribution in [0.1, 0.15) is 24.3 Å². The van der Waals surface area contributed by atoms with Gasteiger partial charge in [-0.25, -0.2) is 0 Å². The molecule has 0 aliphatic carbocycles. The summed E-state index contributed by atoms with van der Waals surface area (Å²) in [6.07, 6.45) is 1.19. The van der Waals surface area contributed by atoms with E-state index >= 15 is 0 Å². The molecule has 2 rings (SSSR count). The van der Waals surface area contributed by atoms with Crippen LogP contribution in [0, 0.1) is 0 Å². The lowest BCUT2D eigenvalue weighted by atomic mass is 10.2. The van der Waals surface area contributed by atoms with Crippen LogP contribution in [0.3, 0.4) is 0 Å². The molecule has 4 heteroatoms. The summed E-state index contributed by atoms with van der Waals surface area (Å²) in [5.74, 6) is 1.20. The average Bonchev–Trinajstić information content (AvgIpc) is 2.70. The average molecular weight is 307 g/mol. The molecule has 1 N–H and O–H groups in total. The number of nitrogens with one attached hydrogen (secondary N) is 1. The first kappa shape index (κ1) is 11.8. The van der Waals surface area contributed by atoms with Crippen LogP contribution in [0.2, 0.25) is 5.02 Å². The molecule has 0 spiro atoms. The van der Waals surface area contributed by atoms with E-state index in [2.05, 4.69) is 40.3 Å². The lowest BCUT2D eigenvalue weighted by Gasteiger charge is -2.12. The van der Waals surface area contributed by atoms with E-state index < -0.39 is 0 Å². The normalized spacial score (nSPS) is 25.8. The van der Waals surface area contributed by atoms with Crippen molar-refractivity contribution in [1.82, 2.24) is 5.32 Å². The molecule has 1 aromatic carbocycles. The lowest BCUT2D eigenvalue weighted by molar-refractivity contribution is 0.561. The monoisotopic (exact) mass is 305 g/mol. The Kier molecular flexibility index (Phi) is 3.99. The minimum atomic E-state index is 0.420. The number of thioether (sulfide) groups is 1. The van der Waals surface area contributed by atoms with Crippen molar-refractivity contribution < 1.29 is 0 Å². The van der Waals surface area contributed by atoms with Gasteiger partial charge < -0.3 is 0 Å². The largest absolute Gasteiger partial charge is 0.298 e. The van der Waals surface area contributed by atoms with Gasteiger partial charge in [-0.3, -0.25) is 5.32 Å². The molecule has 1 aromatic rings. The Morgan fingerprint density at radius 1 is 1.60 bits per heavy atom. The third-order valence-corrected chi connectivity index (χ3v) is 5.14. The molecule has 82 valence electrons. The van der Waals surface area contributed by atoms with Gasteiger partial charge in [-0.1, -0.05) is 24.6 Å². The first-order chi connectivity index (χ1) is 7.20. The summed E-state index contributed by atoms with van der Waals surface area (Å²) >= 11 is 11.4. The van der Waals surface area contributed by atoms with Crippen molar-refractivity contribution in [2.45, 2.75) is 24.8 Å². The van der Waals surface area contributed by atoms with Gasteiger partial charge in [0.2, 0.25) is 0 Å². The Bertz CT molecular complexity index is 358. The van der Waals surface area contributed by atoms with Crippen molar-refractivity contribution in [3.63, 3.8) is 0 Å². The Morgan fingerprint density at radius 3 is 3.00 bits per heavy atom. The highest BCUT2D eigenvalue weighted by molar-refractivity contribution is 9.10. The summed E-state index contributed by atoms with van der Waals surface area (Å²) in [6, 6.07) is 6.79. The van der Waals surface area contributed by atoms with Crippen molar-refractivity contribution in [3.05, 3.63) is 33.3 Å². The van der Waals surface area contributed by atoms with E-state index in [0.29, 0.717) is 11.4 Å². The van der Waals surface area contributed by atoms with Gasteiger partial charge >= 0.3 is 0 Å². The molecule has 0 bridgehead atoms. The van der Waals surface area contributed by atoms with Gasteiger partial charge in [-0.2, -0.15) is 0 Å². The molecular weight excluding hydrogens is 294 g/mol. The number of rotatable bonds is 2. The van der Waals surface area contributed by atoms with Gasteiger partial charge in [0.05, 0.1) is 10.4 Å². The Morgan fingerprint density at radius 2 is 2.40 bits per heavy atom. The summed E-state index contributed by atoms with van der Waals surface area (Å²) in [6.45, 7) is 2.22. The molecule has 0 saturated carbocycles. The van der Waals surface area contributed by atoms with Crippen molar-refractivity contribution in [2.75, 3.05) is 5.75 Å². The van der Waals surface area contributed by atoms with Crippen LogP contribution in [0.4, 0.5) is 0 Å². The summed E-state index contributed by atoms with van der Waals surface area (Å²) < 4.78 is 0.976. The molecular formula is C11H13BrClNS. The smallest absolute Gasteiger partial charge is 0.0792 e. The Hall–Kier alpha value is 0.300. The number of hydrogen-bond donors (Lipinski definition) is 1. The van der Waals surface area contributed by atoms with E-state index in [-0.39, 0.29) is 0 Å². The molecule has 1 aliphatic heterocycles. The summed E-state index contributed by atoms with van der Waals surface area (Å²) in [7, 11) is 0. The van der Waals surface area contributed by atoms with Gasteiger partial charge in [-0.15, -0.1) is 11.8 Å². The molecule has 1 nitrogen and oxygen atoms in total. The first-order valence-corrected chi connectivity index (χ1v) is 7.25. The van der Waals surface area contributed by atoms with Gasteiger partial charge in [0.25, 0.3) is 0 Å². The third kappa shape index (κ3) is 2.70. The predicted molar refractivity (Wildman–Crippen MR) is 71.6 cm³/mol. The first-order valence-electron chi connectivity index (χ1n) is 5.03. The SMILES string of the molecule is CCC1CSC(c2ccc(Cl)c(Br)c2)N1. The minimum absolute atomic E-state index is 0.420. The zero-order valence-electron chi connectivity index (χ0n) is 8.47. The zero-order chi connectivity index (χ0) is 10.8. The van der Waals surface area contributed by atoms with Gasteiger partial charge in [0.1, 0.15) is 0 Å². The second-order valence-electron chi connectivity index (χ2n) is 3.66. The fraction of sp³-hybridized carbons (Fsp3) is 0.455. The highest BCUT2D eigenvalue weighted by atomic mass is 79.9. The fourth-order valence-electron chi connectivity index (χ4n) is 1.63. The van der Waals surface area contributed by atoms with Crippen LogP contribution >= 0.6 is 39.3 Å². The predicted octanol–water partition coefficient (Wildman–Crippen LogP) is 4.22. The molecule has 1 fully saturated rings. The van der Waals surface area contributed by atoms with Crippen LogP contribution in [0.25, 0.3) is 0 Å². The highest BCUT2D eigenvalue weighted by Gasteiger charge is 2.24. The minimum Gasteiger partial charge on any atom is -0.298 e. The van der Waals surface area contributed by atoms with Crippen molar-refractivity contribution in [3.8, 4) is 0 Å². The molecule has 0 amide bonds. The maximum absolute atomic E-state index is 5.97. The zero-order valence-corrected chi connectivity index (χ0v) is 11.6. The Labute approximate surface area is 108 Å². The molecule has 0 aromatic heterocycles. The van der Waals surface area contributed by atoms with E-state index in [1.165, 1.54) is 17.7 Å². The molecule has 1 saturated heterocycles. The quantitative estimate of drug-likeness (QED) is 0.878. The standard InChI is InChI=1S/C11H13BrClNS/c1-2-8-6-15-11(14-8)7-3-4-10(13)9(12)5-7/h3-5,8,11,14H,2,6H2,1H3. The van der Waals surface area contributed by atoms with E-state index in [1.807, 2.05) is 17.8 Å². The fourth-order valence-corrected chi connectivity index (χ4v) is 3.52. The van der Waals surface area contributed by atoms with Crippen LogP contribution in [-0.4, -0.2) is 11.8 Å². The van der Waals surface area contributed by atoms with Crippen LogP contribution < -0.4 is 5.32 Å². The van der Waals surface area contributed by atoms with Gasteiger partial charge in [0, 0.05) is 16.3 Å². The Balaban J connectivity index is 2.13.